The maximum Gasteiger partial charge on any atom is 0.298 e. The van der Waals surface area contributed by atoms with Crippen LogP contribution in [-0.2, 0) is 4.79 Å². The third kappa shape index (κ3) is 2.86. The standard InChI is InChI=1S/C20H26N4O2/c25-19(17-13-14-5-1-2-6-15(14)21-17)23-9-11-24(12-10-23)20-22-16-7-3-4-8-18(16)26-20/h3-4,7-8,14-15,17,21H,1-2,5-6,9-13H2. The molecular formula is C20H26N4O2. The number of hydrogen-bond acceptors (Lipinski definition) is 5. The second-order valence-corrected chi connectivity index (χ2v) is 7.88. The normalized spacial score (nSPS) is 29.2. The minimum Gasteiger partial charge on any atom is -0.423 e. The third-order valence-corrected chi connectivity index (χ3v) is 6.31. The molecule has 1 aliphatic carbocycles. The fourth-order valence-electron chi connectivity index (χ4n) is 4.84. The number of carbonyl (C=O) groups excluding carboxylic acids is 1. The molecule has 5 rings (SSSR count). The molecule has 1 N–H and O–H groups in total. The molecular weight excluding hydrogens is 328 g/mol. The van der Waals surface area contributed by atoms with Crippen molar-refractivity contribution in [2.24, 2.45) is 5.92 Å². The Balaban J connectivity index is 1.21. The van der Waals surface area contributed by atoms with Gasteiger partial charge in [-0.25, -0.2) is 0 Å². The van der Waals surface area contributed by atoms with Crippen LogP contribution in [0.2, 0.25) is 0 Å². The lowest BCUT2D eigenvalue weighted by Crippen LogP contribution is -2.53. The summed E-state index contributed by atoms with van der Waals surface area (Å²) < 4.78 is 5.87. The van der Waals surface area contributed by atoms with Crippen molar-refractivity contribution in [1.29, 1.82) is 0 Å². The number of piperazine rings is 1. The lowest BCUT2D eigenvalue weighted by molar-refractivity contribution is -0.133. The van der Waals surface area contributed by atoms with Crippen molar-refractivity contribution in [3.8, 4) is 0 Å². The molecule has 6 nitrogen and oxygen atoms in total. The summed E-state index contributed by atoms with van der Waals surface area (Å²) in [4.78, 5) is 21.7. The van der Waals surface area contributed by atoms with E-state index in [1.807, 2.05) is 29.2 Å². The fraction of sp³-hybridized carbons (Fsp3) is 0.600. The van der Waals surface area contributed by atoms with Gasteiger partial charge in [0.1, 0.15) is 5.52 Å². The van der Waals surface area contributed by atoms with Gasteiger partial charge in [-0.05, 0) is 37.3 Å². The second kappa shape index (κ2) is 6.58. The molecule has 138 valence electrons. The summed E-state index contributed by atoms with van der Waals surface area (Å²) in [6.07, 6.45) is 6.17. The van der Waals surface area contributed by atoms with Crippen LogP contribution in [0.5, 0.6) is 0 Å². The molecule has 1 saturated carbocycles. The summed E-state index contributed by atoms with van der Waals surface area (Å²) in [7, 11) is 0. The van der Waals surface area contributed by atoms with Crippen molar-refractivity contribution in [3.63, 3.8) is 0 Å². The van der Waals surface area contributed by atoms with Crippen LogP contribution in [0.3, 0.4) is 0 Å². The zero-order chi connectivity index (χ0) is 17.5. The van der Waals surface area contributed by atoms with Crippen LogP contribution in [0.15, 0.2) is 28.7 Å². The van der Waals surface area contributed by atoms with Gasteiger partial charge in [0.25, 0.3) is 6.01 Å². The summed E-state index contributed by atoms with van der Waals surface area (Å²) in [5.41, 5.74) is 1.71. The fourth-order valence-corrected chi connectivity index (χ4v) is 4.84. The Morgan fingerprint density at radius 1 is 1.12 bits per heavy atom. The number of nitrogens with zero attached hydrogens (tertiary/aromatic N) is 3. The molecule has 1 amide bonds. The summed E-state index contributed by atoms with van der Waals surface area (Å²) in [6, 6.07) is 9.10. The van der Waals surface area contributed by atoms with Crippen LogP contribution < -0.4 is 10.2 Å². The number of amides is 1. The lowest BCUT2D eigenvalue weighted by Gasteiger charge is -2.35. The number of oxazole rings is 1. The van der Waals surface area contributed by atoms with Gasteiger partial charge in [0.2, 0.25) is 5.91 Å². The first kappa shape index (κ1) is 16.1. The molecule has 0 bridgehead atoms. The maximum atomic E-state index is 12.9. The molecule has 2 saturated heterocycles. The van der Waals surface area contributed by atoms with E-state index in [0.717, 1.165) is 43.7 Å². The number of benzene rings is 1. The van der Waals surface area contributed by atoms with Gasteiger partial charge in [0.05, 0.1) is 6.04 Å². The van der Waals surface area contributed by atoms with Gasteiger partial charge >= 0.3 is 0 Å². The average molecular weight is 354 g/mol. The Morgan fingerprint density at radius 2 is 1.92 bits per heavy atom. The van der Waals surface area contributed by atoms with Gasteiger partial charge in [-0.15, -0.1) is 0 Å². The molecule has 26 heavy (non-hydrogen) atoms. The molecule has 0 radical (unpaired) electrons. The Bertz CT molecular complexity index is 749. The first-order valence-corrected chi connectivity index (χ1v) is 9.93. The smallest absolute Gasteiger partial charge is 0.298 e. The Morgan fingerprint density at radius 3 is 2.73 bits per heavy atom. The number of para-hydroxylation sites is 2. The molecule has 1 aromatic carbocycles. The number of rotatable bonds is 2. The van der Waals surface area contributed by atoms with E-state index < -0.39 is 0 Å². The van der Waals surface area contributed by atoms with Crippen molar-refractivity contribution in [2.75, 3.05) is 31.1 Å². The van der Waals surface area contributed by atoms with Gasteiger partial charge in [-0.1, -0.05) is 25.0 Å². The number of anilines is 1. The Labute approximate surface area is 153 Å². The summed E-state index contributed by atoms with van der Waals surface area (Å²) in [5.74, 6) is 0.996. The summed E-state index contributed by atoms with van der Waals surface area (Å²) >= 11 is 0. The third-order valence-electron chi connectivity index (χ3n) is 6.31. The van der Waals surface area contributed by atoms with Crippen molar-refractivity contribution >= 4 is 23.0 Å². The van der Waals surface area contributed by atoms with Gasteiger partial charge in [-0.3, -0.25) is 4.79 Å². The molecule has 2 aliphatic heterocycles. The van der Waals surface area contributed by atoms with E-state index in [2.05, 4.69) is 15.2 Å². The SMILES string of the molecule is O=C(C1CC2CCCCC2N1)N1CCN(c2nc3ccccc3o2)CC1. The van der Waals surface area contributed by atoms with Crippen molar-refractivity contribution in [1.82, 2.24) is 15.2 Å². The van der Waals surface area contributed by atoms with E-state index in [-0.39, 0.29) is 11.9 Å². The highest BCUT2D eigenvalue weighted by Crippen LogP contribution is 2.34. The highest BCUT2D eigenvalue weighted by atomic mass is 16.4. The molecule has 3 aliphatic rings. The largest absolute Gasteiger partial charge is 0.423 e. The topological polar surface area (TPSA) is 61.6 Å². The highest BCUT2D eigenvalue weighted by Gasteiger charge is 2.40. The first-order valence-electron chi connectivity index (χ1n) is 9.93. The molecule has 3 unspecified atom stereocenters. The summed E-state index contributed by atoms with van der Waals surface area (Å²) in [5, 5.41) is 3.61. The van der Waals surface area contributed by atoms with Crippen molar-refractivity contribution in [3.05, 3.63) is 24.3 Å². The van der Waals surface area contributed by atoms with Crippen molar-refractivity contribution in [2.45, 2.75) is 44.2 Å². The van der Waals surface area contributed by atoms with Gasteiger partial charge < -0.3 is 19.5 Å². The van der Waals surface area contributed by atoms with Crippen LogP contribution in [0.1, 0.15) is 32.1 Å². The Kier molecular flexibility index (Phi) is 4.08. The maximum absolute atomic E-state index is 12.9. The minimum atomic E-state index is 0.0268. The van der Waals surface area contributed by atoms with Crippen LogP contribution in [0, 0.1) is 5.92 Å². The predicted molar refractivity (Wildman–Crippen MR) is 100 cm³/mol. The second-order valence-electron chi connectivity index (χ2n) is 7.88. The number of fused-ring (bicyclic) bond motifs is 2. The number of hydrogen-bond donors (Lipinski definition) is 1. The van der Waals surface area contributed by atoms with Crippen LogP contribution in [-0.4, -0.2) is 54.1 Å². The molecule has 1 aromatic heterocycles. The number of nitrogens with one attached hydrogen (secondary N) is 1. The van der Waals surface area contributed by atoms with Crippen molar-refractivity contribution < 1.29 is 9.21 Å². The molecule has 2 aromatic rings. The van der Waals surface area contributed by atoms with E-state index in [1.54, 1.807) is 0 Å². The molecule has 3 heterocycles. The van der Waals surface area contributed by atoms with E-state index in [4.69, 9.17) is 4.42 Å². The van der Waals surface area contributed by atoms with E-state index in [1.165, 1.54) is 25.7 Å². The lowest BCUT2D eigenvalue weighted by atomic mass is 9.85. The monoisotopic (exact) mass is 354 g/mol. The highest BCUT2D eigenvalue weighted by molar-refractivity contribution is 5.82. The first-order chi connectivity index (χ1) is 12.8. The Hall–Kier alpha value is -2.08. The van der Waals surface area contributed by atoms with E-state index >= 15 is 0 Å². The van der Waals surface area contributed by atoms with Gasteiger partial charge in [0, 0.05) is 32.2 Å². The van der Waals surface area contributed by atoms with Crippen LogP contribution >= 0.6 is 0 Å². The molecule has 3 atom stereocenters. The molecule has 0 spiro atoms. The zero-order valence-corrected chi connectivity index (χ0v) is 15.1. The van der Waals surface area contributed by atoms with Gasteiger partial charge in [-0.2, -0.15) is 4.98 Å². The number of carbonyl (C=O) groups is 1. The van der Waals surface area contributed by atoms with E-state index in [0.29, 0.717) is 18.0 Å². The van der Waals surface area contributed by atoms with Crippen LogP contribution in [0.25, 0.3) is 11.1 Å². The molecule has 3 fully saturated rings. The minimum absolute atomic E-state index is 0.0268. The zero-order valence-electron chi connectivity index (χ0n) is 15.1. The predicted octanol–water partition coefficient (Wildman–Crippen LogP) is 2.40. The molecule has 6 heteroatoms. The van der Waals surface area contributed by atoms with Crippen LogP contribution in [0.4, 0.5) is 6.01 Å². The van der Waals surface area contributed by atoms with Gasteiger partial charge in [0.15, 0.2) is 5.58 Å². The summed E-state index contributed by atoms with van der Waals surface area (Å²) in [6.45, 7) is 3.03. The average Bonchev–Trinajstić information content (AvgIpc) is 3.31. The number of aromatic nitrogens is 1. The van der Waals surface area contributed by atoms with E-state index in [9.17, 15) is 4.79 Å². The quantitative estimate of drug-likeness (QED) is 0.897.